The number of Topliss-reactive ketones (excluding diaryl/α,β-unsaturated/α-hetero) is 1. The number of ketones is 1. The number of rotatable bonds is 7. The number of imide groups is 1. The summed E-state index contributed by atoms with van der Waals surface area (Å²) in [6.07, 6.45) is 0.790. The van der Waals surface area contributed by atoms with E-state index in [1.54, 1.807) is 49.4 Å². The maximum Gasteiger partial charge on any atom is 0.266 e. The largest absolute Gasteiger partial charge is 0.508 e. The molecule has 2 aliphatic rings. The molecule has 6 rings (SSSR count). The molecule has 0 saturated carbocycles. The number of aliphatic hydroxyl groups excluding tert-OH is 1. The van der Waals surface area contributed by atoms with Crippen molar-refractivity contribution in [1.82, 2.24) is 5.32 Å². The Morgan fingerprint density at radius 1 is 0.816 bits per heavy atom. The van der Waals surface area contributed by atoms with Crippen LogP contribution in [0.15, 0.2) is 96.5 Å². The number of aliphatic imine (C=N–C) groups is 1. The van der Waals surface area contributed by atoms with E-state index in [1.807, 2.05) is 58.0 Å². The molecule has 2 amide bonds. The van der Waals surface area contributed by atoms with E-state index >= 15 is 0 Å². The molecule has 1 saturated heterocycles. The SMILES string of the molecule is C=C(O)c1ccc2c(c1)C(=O)N(c1cccc(C(C)=Nc3ccc(C=O)cc3C)c1)C2=O.CC.CC(=O)c1ccc(N2CCNCC2)cc1. The van der Waals surface area contributed by atoms with Gasteiger partial charge >= 0.3 is 0 Å². The van der Waals surface area contributed by atoms with Gasteiger partial charge in [0, 0.05) is 54.3 Å². The predicted molar refractivity (Wildman–Crippen MR) is 197 cm³/mol. The van der Waals surface area contributed by atoms with Crippen molar-refractivity contribution in [2.24, 2.45) is 4.99 Å². The number of fused-ring (bicyclic) bond motifs is 1. The number of nitrogens with one attached hydrogen (secondary N) is 1. The number of aryl methyl sites for hydroxylation is 1. The molecule has 0 radical (unpaired) electrons. The second kappa shape index (κ2) is 16.4. The van der Waals surface area contributed by atoms with Crippen molar-refractivity contribution in [3.8, 4) is 0 Å². The van der Waals surface area contributed by atoms with Crippen LogP contribution in [0.3, 0.4) is 0 Å². The number of carbonyl (C=O) groups excluding carboxylic acids is 4. The number of hydrogen-bond acceptors (Lipinski definition) is 8. The van der Waals surface area contributed by atoms with Crippen molar-refractivity contribution in [1.29, 1.82) is 0 Å². The maximum atomic E-state index is 13.0. The van der Waals surface area contributed by atoms with Gasteiger partial charge in [-0.2, -0.15) is 0 Å². The van der Waals surface area contributed by atoms with Crippen molar-refractivity contribution < 1.29 is 24.3 Å². The van der Waals surface area contributed by atoms with Crippen LogP contribution in [0, 0.1) is 6.92 Å². The average molecular weight is 659 g/mol. The predicted octanol–water partition coefficient (Wildman–Crippen LogP) is 7.60. The van der Waals surface area contributed by atoms with Crippen molar-refractivity contribution in [2.45, 2.75) is 34.6 Å². The first-order chi connectivity index (χ1) is 23.6. The maximum absolute atomic E-state index is 13.0. The van der Waals surface area contributed by atoms with Crippen molar-refractivity contribution >= 4 is 52.4 Å². The number of hydrogen-bond donors (Lipinski definition) is 2. The lowest BCUT2D eigenvalue weighted by Crippen LogP contribution is -2.43. The third-order valence-corrected chi connectivity index (χ3v) is 8.14. The van der Waals surface area contributed by atoms with Crippen LogP contribution in [0.2, 0.25) is 0 Å². The van der Waals surface area contributed by atoms with E-state index < -0.39 is 11.8 Å². The summed E-state index contributed by atoms with van der Waals surface area (Å²) in [6.45, 7) is 16.9. The normalized spacial score (nSPS) is 13.9. The summed E-state index contributed by atoms with van der Waals surface area (Å²) in [4.78, 5) is 56.1. The first kappa shape index (κ1) is 36.2. The number of nitrogens with zero attached hydrogens (tertiary/aromatic N) is 3. The summed E-state index contributed by atoms with van der Waals surface area (Å²) < 4.78 is 0. The highest BCUT2D eigenvalue weighted by Crippen LogP contribution is 2.31. The van der Waals surface area contributed by atoms with Crippen LogP contribution < -0.4 is 15.1 Å². The van der Waals surface area contributed by atoms with E-state index in [0.29, 0.717) is 22.5 Å². The Balaban J connectivity index is 0.000000265. The summed E-state index contributed by atoms with van der Waals surface area (Å²) in [6, 6.07) is 24.7. The Kier molecular flexibility index (Phi) is 12.1. The molecule has 9 nitrogen and oxygen atoms in total. The number of carbonyl (C=O) groups is 4. The zero-order chi connectivity index (χ0) is 35.7. The molecule has 49 heavy (non-hydrogen) atoms. The van der Waals surface area contributed by atoms with E-state index in [-0.39, 0.29) is 22.7 Å². The summed E-state index contributed by atoms with van der Waals surface area (Å²) in [7, 11) is 0. The van der Waals surface area contributed by atoms with E-state index in [0.717, 1.165) is 59.7 Å². The number of anilines is 2. The third kappa shape index (κ3) is 8.44. The molecule has 4 aromatic rings. The van der Waals surface area contributed by atoms with Gasteiger partial charge in [0.2, 0.25) is 0 Å². The Hall–Kier alpha value is -5.67. The van der Waals surface area contributed by atoms with Gasteiger partial charge in [0.25, 0.3) is 11.8 Å². The Morgan fingerprint density at radius 2 is 1.47 bits per heavy atom. The molecule has 0 spiro atoms. The molecule has 0 bridgehead atoms. The highest BCUT2D eigenvalue weighted by Gasteiger charge is 2.37. The molecule has 2 aliphatic heterocycles. The van der Waals surface area contributed by atoms with Crippen LogP contribution in [-0.2, 0) is 0 Å². The topological polar surface area (TPSA) is 119 Å². The number of benzene rings is 4. The molecule has 0 aromatic heterocycles. The first-order valence-electron chi connectivity index (χ1n) is 16.3. The van der Waals surface area contributed by atoms with Crippen LogP contribution in [0.1, 0.15) is 85.8 Å². The lowest BCUT2D eigenvalue weighted by atomic mass is 10.1. The number of amides is 2. The molecule has 1 fully saturated rings. The fraction of sp³-hybridized carbons (Fsp3) is 0.225. The minimum atomic E-state index is -0.458. The Morgan fingerprint density at radius 3 is 2.08 bits per heavy atom. The van der Waals surface area contributed by atoms with Gasteiger partial charge in [-0.1, -0.05) is 38.6 Å². The van der Waals surface area contributed by atoms with Gasteiger partial charge in [-0.25, -0.2) is 4.90 Å². The number of aldehydes is 1. The molecule has 2 N–H and O–H groups in total. The Labute approximate surface area is 287 Å². The molecule has 0 unspecified atom stereocenters. The van der Waals surface area contributed by atoms with Gasteiger partial charge in [0.15, 0.2) is 5.78 Å². The Bertz CT molecular complexity index is 1910. The van der Waals surface area contributed by atoms with E-state index in [1.165, 1.54) is 17.8 Å². The molecule has 0 aliphatic carbocycles. The second-order valence-corrected chi connectivity index (χ2v) is 11.4. The second-order valence-electron chi connectivity index (χ2n) is 11.4. The van der Waals surface area contributed by atoms with E-state index in [9.17, 15) is 24.3 Å². The molecule has 9 heteroatoms. The quantitative estimate of drug-likeness (QED) is 0.0690. The summed E-state index contributed by atoms with van der Waals surface area (Å²) in [5.74, 6) is -0.925. The molecule has 2 heterocycles. The van der Waals surface area contributed by atoms with Gasteiger partial charge in [0.1, 0.15) is 12.0 Å². The minimum Gasteiger partial charge on any atom is -0.508 e. The lowest BCUT2D eigenvalue weighted by Gasteiger charge is -2.29. The highest BCUT2D eigenvalue weighted by atomic mass is 16.3. The van der Waals surface area contributed by atoms with Crippen molar-refractivity contribution in [3.05, 3.63) is 130 Å². The van der Waals surface area contributed by atoms with Crippen LogP contribution >= 0.6 is 0 Å². The molecular weight excluding hydrogens is 616 g/mol. The molecule has 0 atom stereocenters. The van der Waals surface area contributed by atoms with Crippen LogP contribution in [0.4, 0.5) is 17.1 Å². The van der Waals surface area contributed by atoms with Crippen molar-refractivity contribution in [2.75, 3.05) is 36.0 Å². The zero-order valence-corrected chi connectivity index (χ0v) is 28.6. The summed E-state index contributed by atoms with van der Waals surface area (Å²) >= 11 is 0. The molecule has 252 valence electrons. The van der Waals surface area contributed by atoms with Crippen LogP contribution in [0.5, 0.6) is 0 Å². The van der Waals surface area contributed by atoms with Gasteiger partial charge in [-0.15, -0.1) is 0 Å². The van der Waals surface area contributed by atoms with Gasteiger partial charge in [-0.3, -0.25) is 24.2 Å². The highest BCUT2D eigenvalue weighted by molar-refractivity contribution is 6.34. The number of aliphatic hydroxyl groups is 1. The van der Waals surface area contributed by atoms with Crippen molar-refractivity contribution in [3.63, 3.8) is 0 Å². The van der Waals surface area contributed by atoms with Crippen LogP contribution in [-0.4, -0.2) is 60.9 Å². The standard InChI is InChI=1S/C26H20N2O4.C12H16N2O.C2H6/c1-15-11-18(14-29)7-10-24(15)27-16(2)19-5-4-6-21(12-19)28-25(31)22-9-8-20(17(3)30)13-23(22)26(28)32;1-10(15)11-2-4-12(5-3-11)14-8-6-13-7-9-14;1-2/h4-14,30H,3H2,1-2H3;2-5,13H,6-9H2,1H3;1-2H3. The zero-order valence-electron chi connectivity index (χ0n) is 28.6. The molecule has 4 aromatic carbocycles. The van der Waals surface area contributed by atoms with Crippen LogP contribution in [0.25, 0.3) is 5.76 Å². The smallest absolute Gasteiger partial charge is 0.266 e. The van der Waals surface area contributed by atoms with Gasteiger partial charge in [0.05, 0.1) is 22.5 Å². The van der Waals surface area contributed by atoms with E-state index in [4.69, 9.17) is 0 Å². The van der Waals surface area contributed by atoms with Gasteiger partial charge < -0.3 is 15.3 Å². The molecular formula is C40H42N4O5. The van der Waals surface area contributed by atoms with Gasteiger partial charge in [-0.05, 0) is 98.6 Å². The monoisotopic (exact) mass is 658 g/mol. The fourth-order valence-electron chi connectivity index (χ4n) is 5.48. The summed E-state index contributed by atoms with van der Waals surface area (Å²) in [5.41, 5.74) is 6.95. The average Bonchev–Trinajstić information content (AvgIpc) is 3.38. The fourth-order valence-corrected chi connectivity index (χ4v) is 5.48. The third-order valence-electron chi connectivity index (χ3n) is 8.14. The summed E-state index contributed by atoms with van der Waals surface area (Å²) in [5, 5.41) is 12.9. The van der Waals surface area contributed by atoms with E-state index in [2.05, 4.69) is 21.8 Å². The minimum absolute atomic E-state index is 0.127. The lowest BCUT2D eigenvalue weighted by molar-refractivity contribution is 0.0924. The first-order valence-corrected chi connectivity index (χ1v) is 16.3. The number of piperazine rings is 1.